The van der Waals surface area contributed by atoms with Crippen molar-refractivity contribution >= 4 is 16.7 Å². The highest BCUT2D eigenvalue weighted by atomic mass is 16.5. The lowest BCUT2D eigenvalue weighted by molar-refractivity contribution is 0.0905. The number of aliphatic hydroxyl groups excluding tert-OH is 1. The predicted molar refractivity (Wildman–Crippen MR) is 138 cm³/mol. The molecule has 4 rings (SSSR count). The molecule has 1 fully saturated rings. The van der Waals surface area contributed by atoms with E-state index in [1.54, 1.807) is 14.2 Å². The summed E-state index contributed by atoms with van der Waals surface area (Å²) < 4.78 is 19.0. The van der Waals surface area contributed by atoms with Crippen LogP contribution in [0.2, 0.25) is 0 Å². The van der Waals surface area contributed by atoms with Crippen molar-refractivity contribution < 1.29 is 19.3 Å². The molecular formula is C26H37N5O4. The van der Waals surface area contributed by atoms with E-state index >= 15 is 0 Å². The Morgan fingerprint density at radius 3 is 2.60 bits per heavy atom. The number of aromatic nitrogens is 3. The number of likely N-dealkylation sites (N-methyl/N-ethyl adjacent to an activating group) is 1. The van der Waals surface area contributed by atoms with Crippen LogP contribution in [0.25, 0.3) is 22.3 Å². The third-order valence-corrected chi connectivity index (χ3v) is 6.20. The van der Waals surface area contributed by atoms with Gasteiger partial charge >= 0.3 is 0 Å². The highest BCUT2D eigenvalue weighted by molar-refractivity contribution is 5.94. The molecule has 0 radical (unpaired) electrons. The van der Waals surface area contributed by atoms with Crippen molar-refractivity contribution in [3.63, 3.8) is 0 Å². The smallest absolute Gasteiger partial charge is 0.161 e. The molecule has 1 atom stereocenters. The number of hydrogen-bond acceptors (Lipinski definition) is 8. The fourth-order valence-corrected chi connectivity index (χ4v) is 4.40. The lowest BCUT2D eigenvalue weighted by Gasteiger charge is -2.25. The van der Waals surface area contributed by atoms with Crippen molar-refractivity contribution in [1.82, 2.24) is 20.1 Å². The van der Waals surface area contributed by atoms with Gasteiger partial charge in [-0.3, -0.25) is 0 Å². The molecule has 0 aliphatic carbocycles. The van der Waals surface area contributed by atoms with Gasteiger partial charge in [0.05, 0.1) is 23.9 Å². The molecule has 0 spiro atoms. The minimum atomic E-state index is -0.609. The van der Waals surface area contributed by atoms with E-state index in [9.17, 15) is 5.11 Å². The second kappa shape index (κ2) is 11.2. The average Bonchev–Trinajstić information content (AvgIpc) is 3.20. The van der Waals surface area contributed by atoms with Crippen molar-refractivity contribution in [3.05, 3.63) is 30.0 Å². The second-order valence-electron chi connectivity index (χ2n) is 9.33. The Morgan fingerprint density at radius 2 is 1.91 bits per heavy atom. The van der Waals surface area contributed by atoms with Gasteiger partial charge < -0.3 is 30.0 Å². The zero-order valence-corrected chi connectivity index (χ0v) is 21.3. The van der Waals surface area contributed by atoms with Crippen LogP contribution in [-0.4, -0.2) is 72.5 Å². The number of ether oxygens (including phenoxy) is 3. The standard InChI is InChI=1S/C26H37N5O4/c1-16(2)31-26-25(17(3)30-31)24(28-19-6-8-34-9-7-19)13-23(29-26)18-10-21(33-5)12-22(11-18)35-15-20(32)14-27-4/h10-13,16,19-20,27,32H,6-9,14-15H2,1-5H3,(H,28,29). The molecule has 1 aromatic carbocycles. The van der Waals surface area contributed by atoms with Gasteiger partial charge in [0.25, 0.3) is 0 Å². The number of aryl methyl sites for hydroxylation is 1. The minimum absolute atomic E-state index is 0.169. The number of methoxy groups -OCH3 is 1. The van der Waals surface area contributed by atoms with Crippen molar-refractivity contribution in [2.45, 2.75) is 51.8 Å². The van der Waals surface area contributed by atoms with Crippen molar-refractivity contribution in [2.24, 2.45) is 0 Å². The van der Waals surface area contributed by atoms with Gasteiger partial charge in [-0.15, -0.1) is 0 Å². The maximum atomic E-state index is 10.1. The Labute approximate surface area is 206 Å². The molecule has 0 saturated carbocycles. The number of rotatable bonds is 10. The first-order chi connectivity index (χ1) is 16.9. The van der Waals surface area contributed by atoms with Gasteiger partial charge in [-0.2, -0.15) is 5.10 Å². The lowest BCUT2D eigenvalue weighted by atomic mass is 10.1. The molecule has 1 unspecified atom stereocenters. The summed E-state index contributed by atoms with van der Waals surface area (Å²) >= 11 is 0. The lowest BCUT2D eigenvalue weighted by Crippen LogP contribution is -2.29. The number of nitrogens with one attached hydrogen (secondary N) is 2. The van der Waals surface area contributed by atoms with Gasteiger partial charge in [-0.1, -0.05) is 0 Å². The van der Waals surface area contributed by atoms with E-state index in [0.29, 0.717) is 24.1 Å². The van der Waals surface area contributed by atoms with E-state index in [1.807, 2.05) is 29.8 Å². The molecule has 2 aromatic heterocycles. The summed E-state index contributed by atoms with van der Waals surface area (Å²) in [6.45, 7) is 8.41. The molecule has 0 bridgehead atoms. The number of pyridine rings is 1. The fourth-order valence-electron chi connectivity index (χ4n) is 4.40. The Hall–Kier alpha value is -2.88. The van der Waals surface area contributed by atoms with Crippen molar-refractivity contribution in [1.29, 1.82) is 0 Å². The van der Waals surface area contributed by atoms with E-state index in [2.05, 4.69) is 30.5 Å². The molecule has 3 aromatic rings. The average molecular weight is 484 g/mol. The Bertz CT molecular complexity index is 1140. The van der Waals surface area contributed by atoms with Crippen LogP contribution in [0.15, 0.2) is 24.3 Å². The van der Waals surface area contributed by atoms with Crippen LogP contribution in [0.4, 0.5) is 5.69 Å². The van der Waals surface area contributed by atoms with Crippen LogP contribution in [0, 0.1) is 6.92 Å². The number of nitrogens with zero attached hydrogens (tertiary/aromatic N) is 3. The molecule has 3 N–H and O–H groups in total. The van der Waals surface area contributed by atoms with Gasteiger partial charge in [-0.25, -0.2) is 9.67 Å². The van der Waals surface area contributed by atoms with Gasteiger partial charge in [-0.05, 0) is 58.9 Å². The van der Waals surface area contributed by atoms with Gasteiger partial charge in [0.2, 0.25) is 0 Å². The van der Waals surface area contributed by atoms with Crippen LogP contribution in [-0.2, 0) is 4.74 Å². The Balaban J connectivity index is 1.77. The van der Waals surface area contributed by atoms with E-state index < -0.39 is 6.10 Å². The molecule has 0 amide bonds. The summed E-state index contributed by atoms with van der Waals surface area (Å²) in [5.74, 6) is 1.28. The molecule has 3 heterocycles. The number of benzene rings is 1. The summed E-state index contributed by atoms with van der Waals surface area (Å²) in [6, 6.07) is 8.30. The molecule has 190 valence electrons. The summed E-state index contributed by atoms with van der Waals surface area (Å²) in [5, 5.41) is 22.6. The maximum Gasteiger partial charge on any atom is 0.161 e. The summed E-state index contributed by atoms with van der Waals surface area (Å²) in [4.78, 5) is 5.05. The van der Waals surface area contributed by atoms with Crippen LogP contribution < -0.4 is 20.1 Å². The number of aliphatic hydroxyl groups is 1. The first-order valence-electron chi connectivity index (χ1n) is 12.3. The third kappa shape index (κ3) is 5.86. The fraction of sp³-hybridized carbons (Fsp3) is 0.538. The normalized spacial score (nSPS) is 15.5. The zero-order valence-electron chi connectivity index (χ0n) is 21.3. The molecule has 9 nitrogen and oxygen atoms in total. The van der Waals surface area contributed by atoms with E-state index in [-0.39, 0.29) is 12.6 Å². The van der Waals surface area contributed by atoms with E-state index in [1.165, 1.54) is 0 Å². The van der Waals surface area contributed by atoms with E-state index in [4.69, 9.17) is 24.3 Å². The highest BCUT2D eigenvalue weighted by Crippen LogP contribution is 2.35. The largest absolute Gasteiger partial charge is 0.497 e. The van der Waals surface area contributed by atoms with Gasteiger partial charge in [0, 0.05) is 49.2 Å². The second-order valence-corrected chi connectivity index (χ2v) is 9.33. The Kier molecular flexibility index (Phi) is 8.10. The monoisotopic (exact) mass is 483 g/mol. The number of hydrogen-bond donors (Lipinski definition) is 3. The molecule has 1 aliphatic heterocycles. The predicted octanol–water partition coefficient (Wildman–Crippen LogP) is 3.55. The highest BCUT2D eigenvalue weighted by Gasteiger charge is 2.21. The minimum Gasteiger partial charge on any atom is -0.497 e. The zero-order chi connectivity index (χ0) is 24.9. The summed E-state index contributed by atoms with van der Waals surface area (Å²) in [5.41, 5.74) is 4.49. The van der Waals surface area contributed by atoms with Crippen LogP contribution in [0.5, 0.6) is 11.5 Å². The topological polar surface area (TPSA) is 103 Å². The van der Waals surface area contributed by atoms with Crippen LogP contribution in [0.1, 0.15) is 38.4 Å². The molecular weight excluding hydrogens is 446 g/mol. The van der Waals surface area contributed by atoms with Crippen molar-refractivity contribution in [2.75, 3.05) is 45.8 Å². The SMILES string of the molecule is CNCC(O)COc1cc(OC)cc(-c2cc(NC3CCOCC3)c3c(C)nn(C(C)C)c3n2)c1. The van der Waals surface area contributed by atoms with Crippen molar-refractivity contribution in [3.8, 4) is 22.8 Å². The Morgan fingerprint density at radius 1 is 1.17 bits per heavy atom. The first kappa shape index (κ1) is 25.2. The summed E-state index contributed by atoms with van der Waals surface area (Å²) in [7, 11) is 3.43. The van der Waals surface area contributed by atoms with Gasteiger partial charge in [0.15, 0.2) is 5.65 Å². The quantitative estimate of drug-likeness (QED) is 0.402. The van der Waals surface area contributed by atoms with Gasteiger partial charge in [0.1, 0.15) is 24.2 Å². The maximum absolute atomic E-state index is 10.1. The van der Waals surface area contributed by atoms with Crippen LogP contribution in [0.3, 0.4) is 0 Å². The third-order valence-electron chi connectivity index (χ3n) is 6.20. The van der Waals surface area contributed by atoms with Crippen LogP contribution >= 0.6 is 0 Å². The first-order valence-corrected chi connectivity index (χ1v) is 12.3. The number of anilines is 1. The molecule has 35 heavy (non-hydrogen) atoms. The summed E-state index contributed by atoms with van der Waals surface area (Å²) in [6.07, 6.45) is 1.31. The molecule has 1 aliphatic rings. The number of fused-ring (bicyclic) bond motifs is 1. The molecule has 9 heteroatoms. The molecule has 1 saturated heterocycles. The van der Waals surface area contributed by atoms with E-state index in [0.717, 1.165) is 59.7 Å².